The smallest absolute Gasteiger partial charge is 0.292 e. The van der Waals surface area contributed by atoms with E-state index in [-0.39, 0.29) is 23.3 Å². The van der Waals surface area contributed by atoms with Crippen LogP contribution in [0.25, 0.3) is 0 Å². The van der Waals surface area contributed by atoms with Gasteiger partial charge in [0.25, 0.3) is 5.69 Å². The van der Waals surface area contributed by atoms with Gasteiger partial charge in [0.1, 0.15) is 5.69 Å². The second-order valence-corrected chi connectivity index (χ2v) is 6.03. The van der Waals surface area contributed by atoms with Crippen molar-refractivity contribution < 1.29 is 10.0 Å². The van der Waals surface area contributed by atoms with Gasteiger partial charge in [0, 0.05) is 30.9 Å². The Kier molecular flexibility index (Phi) is 4.96. The minimum atomic E-state index is -0.356. The van der Waals surface area contributed by atoms with E-state index in [1.807, 2.05) is 35.2 Å². The van der Waals surface area contributed by atoms with Gasteiger partial charge < -0.3 is 15.3 Å². The Balaban J connectivity index is 1.80. The van der Waals surface area contributed by atoms with Gasteiger partial charge in [-0.3, -0.25) is 10.1 Å². The molecule has 6 heteroatoms. The third-order valence-electron chi connectivity index (χ3n) is 4.33. The number of aliphatic hydroxyl groups excluding tert-OH is 1. The molecule has 0 saturated carbocycles. The molecule has 0 aliphatic carbocycles. The molecule has 24 heavy (non-hydrogen) atoms. The summed E-state index contributed by atoms with van der Waals surface area (Å²) in [7, 11) is 0. The van der Waals surface area contributed by atoms with Crippen molar-refractivity contribution in [1.82, 2.24) is 0 Å². The van der Waals surface area contributed by atoms with Crippen LogP contribution in [-0.4, -0.2) is 29.2 Å². The van der Waals surface area contributed by atoms with Crippen LogP contribution in [0.3, 0.4) is 0 Å². The molecule has 1 saturated heterocycles. The molecule has 1 atom stereocenters. The zero-order chi connectivity index (χ0) is 16.9. The van der Waals surface area contributed by atoms with Crippen LogP contribution in [0.4, 0.5) is 17.1 Å². The number of nitrogens with one attached hydrogen (secondary N) is 1. The van der Waals surface area contributed by atoms with Gasteiger partial charge in [0.05, 0.1) is 11.5 Å². The highest BCUT2D eigenvalue weighted by Gasteiger charge is 2.25. The van der Waals surface area contributed by atoms with Gasteiger partial charge in [-0.25, -0.2) is 0 Å². The second kappa shape index (κ2) is 7.31. The molecule has 0 bridgehead atoms. The summed E-state index contributed by atoms with van der Waals surface area (Å²) in [6, 6.07) is 15.0. The molecule has 1 unspecified atom stereocenters. The van der Waals surface area contributed by atoms with Crippen molar-refractivity contribution >= 4 is 17.1 Å². The van der Waals surface area contributed by atoms with Crippen LogP contribution in [-0.2, 0) is 6.61 Å². The number of hydrogen-bond acceptors (Lipinski definition) is 5. The Hall–Kier alpha value is -2.60. The van der Waals surface area contributed by atoms with E-state index in [9.17, 15) is 15.2 Å². The molecular weight excluding hydrogens is 306 g/mol. The first kappa shape index (κ1) is 16.3. The maximum absolute atomic E-state index is 11.3. The summed E-state index contributed by atoms with van der Waals surface area (Å²) in [4.78, 5) is 13.0. The molecule has 0 aromatic heterocycles. The normalized spacial score (nSPS) is 17.5. The van der Waals surface area contributed by atoms with Crippen molar-refractivity contribution in [3.05, 3.63) is 64.2 Å². The van der Waals surface area contributed by atoms with Crippen LogP contribution in [0, 0.1) is 10.1 Å². The maximum Gasteiger partial charge on any atom is 0.292 e. The summed E-state index contributed by atoms with van der Waals surface area (Å²) in [5.41, 5.74) is 2.43. The van der Waals surface area contributed by atoms with Crippen LogP contribution in [0.5, 0.6) is 0 Å². The number of nitro benzene ring substituents is 1. The summed E-state index contributed by atoms with van der Waals surface area (Å²) in [6.07, 6.45) is 1.99. The summed E-state index contributed by atoms with van der Waals surface area (Å²) in [5, 5.41) is 24.2. The number of piperidine rings is 1. The molecule has 126 valence electrons. The Bertz CT molecular complexity index is 706. The highest BCUT2D eigenvalue weighted by atomic mass is 16.6. The largest absolute Gasteiger partial charge is 0.392 e. The fourth-order valence-electron chi connectivity index (χ4n) is 3.16. The van der Waals surface area contributed by atoms with Crippen molar-refractivity contribution in [3.8, 4) is 0 Å². The lowest BCUT2D eigenvalue weighted by Gasteiger charge is -2.35. The Labute approximate surface area is 140 Å². The van der Waals surface area contributed by atoms with Gasteiger partial charge in [-0.2, -0.15) is 0 Å². The molecule has 1 heterocycles. The minimum Gasteiger partial charge on any atom is -0.392 e. The molecule has 3 rings (SSSR count). The van der Waals surface area contributed by atoms with Crippen LogP contribution in [0.15, 0.2) is 48.5 Å². The highest BCUT2D eigenvalue weighted by molar-refractivity contribution is 5.65. The molecule has 6 nitrogen and oxygen atoms in total. The lowest BCUT2D eigenvalue weighted by atomic mass is 10.0. The van der Waals surface area contributed by atoms with E-state index in [2.05, 4.69) is 5.32 Å². The summed E-state index contributed by atoms with van der Waals surface area (Å²) >= 11 is 0. The predicted octanol–water partition coefficient (Wildman–Crippen LogP) is 3.17. The molecule has 2 aromatic rings. The lowest BCUT2D eigenvalue weighted by molar-refractivity contribution is -0.384. The third-order valence-corrected chi connectivity index (χ3v) is 4.33. The molecule has 0 amide bonds. The first-order valence-electron chi connectivity index (χ1n) is 8.12. The molecular formula is C18H21N3O3. The Morgan fingerprint density at radius 1 is 1.25 bits per heavy atom. The Morgan fingerprint density at radius 3 is 2.75 bits per heavy atom. The van der Waals surface area contributed by atoms with Crippen LogP contribution in [0.1, 0.15) is 18.4 Å². The number of anilines is 2. The van der Waals surface area contributed by atoms with Crippen molar-refractivity contribution in [2.75, 3.05) is 23.3 Å². The fourth-order valence-corrected chi connectivity index (χ4v) is 3.16. The van der Waals surface area contributed by atoms with E-state index < -0.39 is 0 Å². The molecule has 1 aliphatic rings. The van der Waals surface area contributed by atoms with E-state index in [0.29, 0.717) is 17.8 Å². The number of para-hydroxylation sites is 1. The van der Waals surface area contributed by atoms with Crippen LogP contribution >= 0.6 is 0 Å². The standard InChI is InChI=1S/C18H21N3O3/c22-13-14-8-9-17(21(23)24)18(11-14)20-10-4-7-16(12-20)19-15-5-2-1-3-6-15/h1-3,5-6,8-9,11,16,19,22H,4,7,10,12-13H2. The van der Waals surface area contributed by atoms with Gasteiger partial charge in [-0.1, -0.05) is 18.2 Å². The first-order valence-corrected chi connectivity index (χ1v) is 8.12. The molecule has 2 aromatic carbocycles. The molecule has 0 spiro atoms. The number of aliphatic hydroxyl groups is 1. The van der Waals surface area contributed by atoms with Crippen molar-refractivity contribution in [3.63, 3.8) is 0 Å². The number of benzene rings is 2. The summed E-state index contributed by atoms with van der Waals surface area (Å²) in [5.74, 6) is 0. The van der Waals surface area contributed by atoms with Gasteiger partial charge in [-0.15, -0.1) is 0 Å². The quantitative estimate of drug-likeness (QED) is 0.651. The number of rotatable bonds is 5. The molecule has 0 radical (unpaired) electrons. The van der Waals surface area contributed by atoms with Gasteiger partial charge >= 0.3 is 0 Å². The zero-order valence-corrected chi connectivity index (χ0v) is 13.4. The lowest BCUT2D eigenvalue weighted by Crippen LogP contribution is -2.42. The minimum absolute atomic E-state index is 0.0903. The average molecular weight is 327 g/mol. The molecule has 2 N–H and O–H groups in total. The third kappa shape index (κ3) is 3.65. The molecule has 1 fully saturated rings. The van der Waals surface area contributed by atoms with E-state index in [1.165, 1.54) is 6.07 Å². The zero-order valence-electron chi connectivity index (χ0n) is 13.4. The number of nitro groups is 1. The van der Waals surface area contributed by atoms with Crippen molar-refractivity contribution in [2.45, 2.75) is 25.5 Å². The van der Waals surface area contributed by atoms with Gasteiger partial charge in [0.2, 0.25) is 0 Å². The van der Waals surface area contributed by atoms with E-state index in [0.717, 1.165) is 25.1 Å². The topological polar surface area (TPSA) is 78.6 Å². The van der Waals surface area contributed by atoms with Gasteiger partial charge in [-0.05, 0) is 42.7 Å². The SMILES string of the molecule is O=[N+]([O-])c1ccc(CO)cc1N1CCCC(Nc2ccccc2)C1. The molecule has 1 aliphatic heterocycles. The Morgan fingerprint density at radius 2 is 2.04 bits per heavy atom. The highest BCUT2D eigenvalue weighted by Crippen LogP contribution is 2.32. The van der Waals surface area contributed by atoms with Crippen LogP contribution in [0.2, 0.25) is 0 Å². The predicted molar refractivity (Wildman–Crippen MR) is 94.3 cm³/mol. The number of hydrogen-bond donors (Lipinski definition) is 2. The summed E-state index contributed by atoms with van der Waals surface area (Å²) in [6.45, 7) is 1.36. The summed E-state index contributed by atoms with van der Waals surface area (Å²) < 4.78 is 0. The number of nitrogens with zero attached hydrogens (tertiary/aromatic N) is 2. The second-order valence-electron chi connectivity index (χ2n) is 6.03. The van der Waals surface area contributed by atoms with Crippen molar-refractivity contribution in [2.24, 2.45) is 0 Å². The maximum atomic E-state index is 11.3. The van der Waals surface area contributed by atoms with E-state index in [4.69, 9.17) is 0 Å². The van der Waals surface area contributed by atoms with Gasteiger partial charge in [0.15, 0.2) is 0 Å². The van der Waals surface area contributed by atoms with Crippen LogP contribution < -0.4 is 10.2 Å². The fraction of sp³-hybridized carbons (Fsp3) is 0.333. The van der Waals surface area contributed by atoms with E-state index in [1.54, 1.807) is 12.1 Å². The monoisotopic (exact) mass is 327 g/mol. The van der Waals surface area contributed by atoms with Crippen molar-refractivity contribution in [1.29, 1.82) is 0 Å². The first-order chi connectivity index (χ1) is 11.7. The average Bonchev–Trinajstić information content (AvgIpc) is 2.62. The van der Waals surface area contributed by atoms with E-state index >= 15 is 0 Å².